The lowest BCUT2D eigenvalue weighted by molar-refractivity contribution is 0.581. The number of nitrogens with one attached hydrogen (secondary N) is 1. The molecule has 102 valence electrons. The summed E-state index contributed by atoms with van der Waals surface area (Å²) in [6.07, 6.45) is 2.32. The molecule has 1 aromatic carbocycles. The van der Waals surface area contributed by atoms with Crippen LogP contribution >= 0.6 is 27.3 Å². The number of benzene rings is 1. The van der Waals surface area contributed by atoms with E-state index < -0.39 is 10.0 Å². The predicted octanol–water partition coefficient (Wildman–Crippen LogP) is 2.74. The summed E-state index contributed by atoms with van der Waals surface area (Å²) in [5.74, 6) is 0. The second-order valence-electron chi connectivity index (χ2n) is 3.98. The lowest BCUT2D eigenvalue weighted by atomic mass is 10.2. The second kappa shape index (κ2) is 6.13. The molecule has 1 aromatic heterocycles. The Kier molecular flexibility index (Phi) is 4.72. The van der Waals surface area contributed by atoms with E-state index in [0.717, 1.165) is 15.0 Å². The average Bonchev–Trinajstić information content (AvgIpc) is 2.85. The van der Waals surface area contributed by atoms with Crippen molar-refractivity contribution in [1.82, 2.24) is 9.71 Å². The maximum Gasteiger partial charge on any atom is 0.240 e. The van der Waals surface area contributed by atoms with Crippen LogP contribution in [0.15, 0.2) is 39.1 Å². The van der Waals surface area contributed by atoms with Gasteiger partial charge in [-0.1, -0.05) is 22.0 Å². The van der Waals surface area contributed by atoms with Crippen molar-refractivity contribution >= 4 is 37.3 Å². The maximum atomic E-state index is 12.2. The molecule has 4 nitrogen and oxygen atoms in total. The smallest absolute Gasteiger partial charge is 0.240 e. The summed E-state index contributed by atoms with van der Waals surface area (Å²) in [7, 11) is -3.47. The summed E-state index contributed by atoms with van der Waals surface area (Å²) < 4.78 is 27.7. The van der Waals surface area contributed by atoms with Crippen molar-refractivity contribution in [3.8, 4) is 0 Å². The Morgan fingerprint density at radius 1 is 1.42 bits per heavy atom. The van der Waals surface area contributed by atoms with Crippen molar-refractivity contribution in [3.63, 3.8) is 0 Å². The minimum Gasteiger partial charge on any atom is -0.250 e. The first-order valence-electron chi connectivity index (χ1n) is 5.63. The van der Waals surface area contributed by atoms with E-state index in [9.17, 15) is 8.42 Å². The molecule has 0 saturated carbocycles. The van der Waals surface area contributed by atoms with Gasteiger partial charge in [0.25, 0.3) is 0 Å². The van der Waals surface area contributed by atoms with Gasteiger partial charge in [-0.2, -0.15) is 0 Å². The molecule has 0 amide bonds. The average molecular weight is 361 g/mol. The fourth-order valence-electron chi connectivity index (χ4n) is 1.61. The molecular weight excluding hydrogens is 348 g/mol. The van der Waals surface area contributed by atoms with Crippen LogP contribution in [0.5, 0.6) is 0 Å². The monoisotopic (exact) mass is 360 g/mol. The Morgan fingerprint density at radius 3 is 2.89 bits per heavy atom. The number of aryl methyl sites for hydroxylation is 1. The van der Waals surface area contributed by atoms with Gasteiger partial charge in [-0.25, -0.2) is 18.1 Å². The van der Waals surface area contributed by atoms with Gasteiger partial charge < -0.3 is 0 Å². The summed E-state index contributed by atoms with van der Waals surface area (Å²) >= 11 is 4.81. The van der Waals surface area contributed by atoms with E-state index in [0.29, 0.717) is 17.9 Å². The number of hydrogen-bond donors (Lipinski definition) is 1. The molecule has 0 saturated heterocycles. The van der Waals surface area contributed by atoms with Gasteiger partial charge in [-0.05, 0) is 24.6 Å². The fraction of sp³-hybridized carbons (Fsp3) is 0.250. The third kappa shape index (κ3) is 3.85. The van der Waals surface area contributed by atoms with E-state index in [-0.39, 0.29) is 0 Å². The molecule has 1 N–H and O–H groups in total. The number of nitrogens with zero attached hydrogens (tertiary/aromatic N) is 1. The number of halogens is 1. The molecule has 2 aromatic rings. The van der Waals surface area contributed by atoms with Crippen molar-refractivity contribution in [3.05, 3.63) is 44.8 Å². The van der Waals surface area contributed by atoms with E-state index in [1.165, 1.54) is 11.3 Å². The molecule has 0 bridgehead atoms. The third-order valence-electron chi connectivity index (χ3n) is 2.55. The van der Waals surface area contributed by atoms with E-state index in [1.54, 1.807) is 25.3 Å². The van der Waals surface area contributed by atoms with E-state index in [4.69, 9.17) is 0 Å². The van der Waals surface area contributed by atoms with Crippen LogP contribution in [0.2, 0.25) is 0 Å². The molecule has 0 aliphatic rings. The van der Waals surface area contributed by atoms with Crippen LogP contribution in [-0.4, -0.2) is 19.9 Å². The number of sulfonamides is 1. The van der Waals surface area contributed by atoms with Gasteiger partial charge in [0.1, 0.15) is 0 Å². The Balaban J connectivity index is 2.07. The highest BCUT2D eigenvalue weighted by Gasteiger charge is 2.16. The van der Waals surface area contributed by atoms with Gasteiger partial charge in [-0.15, -0.1) is 11.3 Å². The van der Waals surface area contributed by atoms with Crippen LogP contribution in [0.4, 0.5) is 0 Å². The molecule has 0 aliphatic carbocycles. The SMILES string of the molecule is Cc1ccc(Br)cc1S(=O)(=O)NCCc1nccs1. The number of thiazole rings is 1. The Bertz CT molecular complexity index is 654. The van der Waals surface area contributed by atoms with Gasteiger partial charge in [0.05, 0.1) is 9.90 Å². The molecule has 0 atom stereocenters. The number of hydrogen-bond acceptors (Lipinski definition) is 4. The van der Waals surface area contributed by atoms with Crippen LogP contribution < -0.4 is 4.72 Å². The highest BCUT2D eigenvalue weighted by Crippen LogP contribution is 2.20. The van der Waals surface area contributed by atoms with Gasteiger partial charge in [0.2, 0.25) is 10.0 Å². The van der Waals surface area contributed by atoms with Crippen LogP contribution in [0.3, 0.4) is 0 Å². The van der Waals surface area contributed by atoms with Crippen LogP contribution in [0.25, 0.3) is 0 Å². The minimum absolute atomic E-state index is 0.306. The summed E-state index contributed by atoms with van der Waals surface area (Å²) in [5, 5.41) is 2.80. The molecule has 2 rings (SSSR count). The van der Waals surface area contributed by atoms with Crippen LogP contribution in [0, 0.1) is 6.92 Å². The quantitative estimate of drug-likeness (QED) is 0.891. The molecular formula is C12H13BrN2O2S2. The predicted molar refractivity (Wildman–Crippen MR) is 79.9 cm³/mol. The lowest BCUT2D eigenvalue weighted by Gasteiger charge is -2.09. The van der Waals surface area contributed by atoms with Crippen molar-refractivity contribution in [1.29, 1.82) is 0 Å². The maximum absolute atomic E-state index is 12.2. The fourth-order valence-corrected chi connectivity index (χ4v) is 4.04. The molecule has 0 spiro atoms. The third-order valence-corrected chi connectivity index (χ3v) is 5.49. The molecule has 0 radical (unpaired) electrons. The molecule has 0 unspecified atom stereocenters. The standard InChI is InChI=1S/C12H13BrN2O2S2/c1-9-2-3-10(13)8-11(9)19(16,17)15-5-4-12-14-6-7-18-12/h2-3,6-8,15H,4-5H2,1H3. The first kappa shape index (κ1) is 14.6. The summed E-state index contributed by atoms with van der Waals surface area (Å²) in [6.45, 7) is 2.13. The van der Waals surface area contributed by atoms with Crippen molar-refractivity contribution < 1.29 is 8.42 Å². The first-order valence-corrected chi connectivity index (χ1v) is 8.79. The molecule has 1 heterocycles. The molecule has 19 heavy (non-hydrogen) atoms. The van der Waals surface area contributed by atoms with Crippen molar-refractivity contribution in [2.45, 2.75) is 18.2 Å². The summed E-state index contributed by atoms with van der Waals surface area (Å²) in [4.78, 5) is 4.42. The summed E-state index contributed by atoms with van der Waals surface area (Å²) in [5.41, 5.74) is 0.727. The first-order chi connectivity index (χ1) is 8.99. The Morgan fingerprint density at radius 2 is 2.21 bits per heavy atom. The molecule has 0 aliphatic heterocycles. The molecule has 0 fully saturated rings. The number of aromatic nitrogens is 1. The van der Waals surface area contributed by atoms with Gasteiger partial charge >= 0.3 is 0 Å². The zero-order chi connectivity index (χ0) is 13.9. The van der Waals surface area contributed by atoms with E-state index in [2.05, 4.69) is 25.6 Å². The Hall–Kier alpha value is -0.760. The van der Waals surface area contributed by atoms with Crippen molar-refractivity contribution in [2.24, 2.45) is 0 Å². The van der Waals surface area contributed by atoms with Crippen LogP contribution in [0.1, 0.15) is 10.6 Å². The normalized spacial score (nSPS) is 11.7. The van der Waals surface area contributed by atoms with Gasteiger partial charge in [-0.3, -0.25) is 0 Å². The van der Waals surface area contributed by atoms with Gasteiger partial charge in [0.15, 0.2) is 0 Å². The number of rotatable bonds is 5. The lowest BCUT2D eigenvalue weighted by Crippen LogP contribution is -2.26. The highest BCUT2D eigenvalue weighted by molar-refractivity contribution is 9.10. The van der Waals surface area contributed by atoms with E-state index >= 15 is 0 Å². The molecule has 7 heteroatoms. The topological polar surface area (TPSA) is 59.1 Å². The van der Waals surface area contributed by atoms with Crippen molar-refractivity contribution in [2.75, 3.05) is 6.54 Å². The highest BCUT2D eigenvalue weighted by atomic mass is 79.9. The minimum atomic E-state index is -3.47. The van der Waals surface area contributed by atoms with Crippen LogP contribution in [-0.2, 0) is 16.4 Å². The summed E-state index contributed by atoms with van der Waals surface area (Å²) in [6, 6.07) is 5.21. The van der Waals surface area contributed by atoms with Gasteiger partial charge in [0, 0.05) is 29.0 Å². The largest absolute Gasteiger partial charge is 0.250 e. The second-order valence-corrected chi connectivity index (χ2v) is 7.61. The Labute approximate surface area is 125 Å². The van der Waals surface area contributed by atoms with E-state index in [1.807, 2.05) is 11.4 Å². The zero-order valence-corrected chi connectivity index (χ0v) is 13.5. The zero-order valence-electron chi connectivity index (χ0n) is 10.3.